The predicted molar refractivity (Wildman–Crippen MR) is 82.9 cm³/mol. The molecule has 0 aliphatic rings. The van der Waals surface area contributed by atoms with Gasteiger partial charge in [0.2, 0.25) is 0 Å². The summed E-state index contributed by atoms with van der Waals surface area (Å²) in [6.07, 6.45) is 0. The molecule has 1 heterocycles. The first-order chi connectivity index (χ1) is 10.5. The number of hydrogen-bond acceptors (Lipinski definition) is 4. The van der Waals surface area contributed by atoms with E-state index < -0.39 is 11.9 Å². The zero-order chi connectivity index (χ0) is 16.1. The first-order valence-corrected chi connectivity index (χ1v) is 7.18. The number of carbonyl (C=O) groups is 1. The van der Waals surface area contributed by atoms with E-state index in [1.54, 1.807) is 31.2 Å². The van der Waals surface area contributed by atoms with Crippen molar-refractivity contribution in [1.29, 1.82) is 0 Å². The van der Waals surface area contributed by atoms with E-state index in [0.717, 1.165) is 5.56 Å². The van der Waals surface area contributed by atoms with Crippen molar-refractivity contribution < 1.29 is 9.90 Å². The summed E-state index contributed by atoms with van der Waals surface area (Å²) in [5.41, 5.74) is 0.577. The minimum Gasteiger partial charge on any atom is -0.394 e. The molecule has 2 aromatic rings. The van der Waals surface area contributed by atoms with Crippen LogP contribution in [-0.4, -0.2) is 27.4 Å². The molecule has 6 nitrogen and oxygen atoms in total. The molecule has 0 saturated carbocycles. The Balaban J connectivity index is 2.19. The van der Waals surface area contributed by atoms with Crippen molar-refractivity contribution >= 4 is 17.5 Å². The Labute approximate surface area is 132 Å². The van der Waals surface area contributed by atoms with Gasteiger partial charge in [-0.25, -0.2) is 4.68 Å². The zero-order valence-corrected chi connectivity index (χ0v) is 12.7. The molecule has 1 atom stereocenters. The number of amides is 1. The van der Waals surface area contributed by atoms with Gasteiger partial charge in [-0.05, 0) is 30.7 Å². The monoisotopic (exact) mass is 321 g/mol. The van der Waals surface area contributed by atoms with E-state index in [1.165, 1.54) is 16.8 Å². The first kappa shape index (κ1) is 16.2. The Morgan fingerprint density at radius 1 is 1.32 bits per heavy atom. The molecule has 1 amide bonds. The van der Waals surface area contributed by atoms with E-state index in [0.29, 0.717) is 11.6 Å². The number of nitrogens with zero attached hydrogens (tertiary/aromatic N) is 2. The van der Waals surface area contributed by atoms with E-state index in [1.807, 2.05) is 0 Å². The average Bonchev–Trinajstić information content (AvgIpc) is 2.53. The Hall–Kier alpha value is -2.18. The molecule has 2 rings (SSSR count). The number of aromatic nitrogens is 2. The lowest BCUT2D eigenvalue weighted by molar-refractivity contribution is 0.0908. The van der Waals surface area contributed by atoms with Crippen LogP contribution in [0.3, 0.4) is 0 Å². The predicted octanol–water partition coefficient (Wildman–Crippen LogP) is 1.38. The lowest BCUT2D eigenvalue weighted by Crippen LogP contribution is -2.33. The Morgan fingerprint density at radius 3 is 2.59 bits per heavy atom. The molecule has 0 spiro atoms. The van der Waals surface area contributed by atoms with Crippen LogP contribution in [0.4, 0.5) is 0 Å². The second-order valence-corrected chi connectivity index (χ2v) is 5.07. The Morgan fingerprint density at radius 2 is 2.00 bits per heavy atom. The molecular weight excluding hydrogens is 306 g/mol. The smallest absolute Gasteiger partial charge is 0.272 e. The highest BCUT2D eigenvalue weighted by Gasteiger charge is 2.16. The molecule has 0 aliphatic heterocycles. The molecule has 7 heteroatoms. The van der Waals surface area contributed by atoms with Crippen LogP contribution < -0.4 is 10.9 Å². The van der Waals surface area contributed by atoms with Crippen LogP contribution in [0.25, 0.3) is 0 Å². The average molecular weight is 322 g/mol. The molecule has 1 aromatic heterocycles. The maximum atomic E-state index is 12.2. The van der Waals surface area contributed by atoms with Gasteiger partial charge in [0.1, 0.15) is 5.69 Å². The van der Waals surface area contributed by atoms with Crippen LogP contribution in [0.1, 0.15) is 29.0 Å². The van der Waals surface area contributed by atoms with Crippen LogP contribution in [0, 0.1) is 0 Å². The van der Waals surface area contributed by atoms with Gasteiger partial charge in [-0.15, -0.1) is 0 Å². The van der Waals surface area contributed by atoms with Crippen molar-refractivity contribution in [2.24, 2.45) is 0 Å². The van der Waals surface area contributed by atoms with Gasteiger partial charge < -0.3 is 10.4 Å². The summed E-state index contributed by atoms with van der Waals surface area (Å²) in [7, 11) is 0. The molecule has 1 unspecified atom stereocenters. The van der Waals surface area contributed by atoms with Crippen molar-refractivity contribution in [3.8, 4) is 0 Å². The van der Waals surface area contributed by atoms with Crippen molar-refractivity contribution in [3.05, 3.63) is 63.0 Å². The number of halogens is 1. The number of aliphatic hydroxyl groups excluding tert-OH is 1. The number of benzene rings is 1. The summed E-state index contributed by atoms with van der Waals surface area (Å²) < 4.78 is 1.20. The fourth-order valence-corrected chi connectivity index (χ4v) is 2.08. The van der Waals surface area contributed by atoms with Gasteiger partial charge in [0, 0.05) is 17.6 Å². The van der Waals surface area contributed by atoms with Gasteiger partial charge in [-0.3, -0.25) is 9.59 Å². The molecule has 2 N–H and O–H groups in total. The molecule has 0 saturated heterocycles. The lowest BCUT2D eigenvalue weighted by atomic mass is 10.1. The summed E-state index contributed by atoms with van der Waals surface area (Å²) in [5.74, 6) is -0.462. The van der Waals surface area contributed by atoms with Gasteiger partial charge >= 0.3 is 0 Å². The molecule has 116 valence electrons. The third-order valence-corrected chi connectivity index (χ3v) is 3.41. The van der Waals surface area contributed by atoms with Gasteiger partial charge in [-0.2, -0.15) is 5.10 Å². The van der Waals surface area contributed by atoms with Crippen molar-refractivity contribution in [2.75, 3.05) is 6.61 Å². The molecule has 22 heavy (non-hydrogen) atoms. The number of hydrogen-bond donors (Lipinski definition) is 2. The highest BCUT2D eigenvalue weighted by atomic mass is 35.5. The van der Waals surface area contributed by atoms with Crippen LogP contribution in [0.5, 0.6) is 0 Å². The van der Waals surface area contributed by atoms with E-state index >= 15 is 0 Å². The Bertz CT molecular complexity index is 713. The Kier molecular flexibility index (Phi) is 5.30. The number of nitrogens with one attached hydrogen (secondary N) is 1. The van der Waals surface area contributed by atoms with Crippen LogP contribution >= 0.6 is 11.6 Å². The maximum absolute atomic E-state index is 12.2. The van der Waals surface area contributed by atoms with Gasteiger partial charge in [-0.1, -0.05) is 23.7 Å². The summed E-state index contributed by atoms with van der Waals surface area (Å²) in [5, 5.41) is 16.7. The van der Waals surface area contributed by atoms with Crippen molar-refractivity contribution in [2.45, 2.75) is 19.5 Å². The fraction of sp³-hybridized carbons (Fsp3) is 0.267. The highest BCUT2D eigenvalue weighted by Crippen LogP contribution is 2.16. The van der Waals surface area contributed by atoms with Crippen LogP contribution in [0.15, 0.2) is 41.2 Å². The number of aliphatic hydroxyl groups is 1. The van der Waals surface area contributed by atoms with Crippen LogP contribution in [-0.2, 0) is 6.54 Å². The minimum atomic E-state index is -0.575. The maximum Gasteiger partial charge on any atom is 0.272 e. The molecular formula is C15H16ClN3O3. The van der Waals surface area contributed by atoms with Gasteiger partial charge in [0.15, 0.2) is 0 Å². The SMILES string of the molecule is CCn1nc(C(=O)NC(CO)c2ccc(Cl)cc2)ccc1=O. The fourth-order valence-electron chi connectivity index (χ4n) is 1.96. The topological polar surface area (TPSA) is 84.2 Å². The zero-order valence-electron chi connectivity index (χ0n) is 12.0. The first-order valence-electron chi connectivity index (χ1n) is 6.80. The number of carbonyl (C=O) groups excluding carboxylic acids is 1. The molecule has 0 bridgehead atoms. The van der Waals surface area contributed by atoms with E-state index in [-0.39, 0.29) is 17.9 Å². The second kappa shape index (κ2) is 7.20. The van der Waals surface area contributed by atoms with Crippen molar-refractivity contribution in [3.63, 3.8) is 0 Å². The van der Waals surface area contributed by atoms with Crippen molar-refractivity contribution in [1.82, 2.24) is 15.1 Å². The molecule has 0 fully saturated rings. The largest absolute Gasteiger partial charge is 0.394 e. The standard InChI is InChI=1S/C15H16ClN3O3/c1-2-19-14(21)8-7-12(18-19)15(22)17-13(9-20)10-3-5-11(16)6-4-10/h3-8,13,20H,2,9H2,1H3,(H,17,22). The van der Waals surface area contributed by atoms with E-state index in [9.17, 15) is 14.7 Å². The molecule has 0 radical (unpaired) electrons. The van der Waals surface area contributed by atoms with Gasteiger partial charge in [0.05, 0.1) is 12.6 Å². The summed E-state index contributed by atoms with van der Waals surface area (Å²) in [6, 6.07) is 8.89. The lowest BCUT2D eigenvalue weighted by Gasteiger charge is -2.16. The quantitative estimate of drug-likeness (QED) is 0.871. The number of rotatable bonds is 5. The third kappa shape index (κ3) is 3.72. The molecule has 0 aliphatic carbocycles. The summed E-state index contributed by atoms with van der Waals surface area (Å²) in [4.78, 5) is 23.7. The number of aryl methyl sites for hydroxylation is 1. The summed E-state index contributed by atoms with van der Waals surface area (Å²) in [6.45, 7) is 1.88. The van der Waals surface area contributed by atoms with Crippen LogP contribution in [0.2, 0.25) is 5.02 Å². The van der Waals surface area contributed by atoms with E-state index in [2.05, 4.69) is 10.4 Å². The van der Waals surface area contributed by atoms with Gasteiger partial charge in [0.25, 0.3) is 11.5 Å². The van der Waals surface area contributed by atoms with E-state index in [4.69, 9.17) is 11.6 Å². The summed E-state index contributed by atoms with van der Waals surface area (Å²) >= 11 is 5.82. The molecule has 1 aromatic carbocycles. The normalized spacial score (nSPS) is 12.0. The third-order valence-electron chi connectivity index (χ3n) is 3.16. The second-order valence-electron chi connectivity index (χ2n) is 4.63. The highest BCUT2D eigenvalue weighted by molar-refractivity contribution is 6.30. The minimum absolute atomic E-state index is 0.119.